The van der Waals surface area contributed by atoms with E-state index in [9.17, 15) is 19.2 Å². The van der Waals surface area contributed by atoms with Gasteiger partial charge in [-0.05, 0) is 62.4 Å². The Morgan fingerprint density at radius 1 is 1.17 bits per heavy atom. The van der Waals surface area contributed by atoms with E-state index >= 15 is 13.2 Å². The highest BCUT2D eigenvalue weighted by atomic mass is 28.2. The molecule has 2 radical (unpaired) electrons. The molecule has 4 rings (SSSR count). The number of nitrogens with zero attached hydrogens (tertiary/aromatic N) is 4. The molecule has 2 aliphatic rings. The van der Waals surface area contributed by atoms with Gasteiger partial charge in [0, 0.05) is 56.5 Å². The topological polar surface area (TPSA) is 133 Å². The zero-order valence-corrected chi connectivity index (χ0v) is 30.9. The van der Waals surface area contributed by atoms with Crippen LogP contribution in [0.25, 0.3) is 0 Å². The summed E-state index contributed by atoms with van der Waals surface area (Å²) in [7, 11) is 3.69. The number of hydrogen-bond acceptors (Lipinski definition) is 7. The first-order valence-electron chi connectivity index (χ1n) is 17.2. The summed E-state index contributed by atoms with van der Waals surface area (Å²) in [4.78, 5) is 63.2. The summed E-state index contributed by atoms with van der Waals surface area (Å²) in [5, 5.41) is 4.97. The predicted molar refractivity (Wildman–Crippen MR) is 192 cm³/mol. The van der Waals surface area contributed by atoms with Crippen LogP contribution in [0.2, 0.25) is 11.6 Å². The van der Waals surface area contributed by atoms with Crippen LogP contribution >= 0.6 is 0 Å². The number of carbonyl (C=O) groups is 4. The van der Waals surface area contributed by atoms with Gasteiger partial charge in [-0.1, -0.05) is 19.5 Å². The number of alkyl halides is 2. The highest BCUT2D eigenvalue weighted by molar-refractivity contribution is 6.39. The molecule has 15 heteroatoms. The van der Waals surface area contributed by atoms with Crippen molar-refractivity contribution in [3.8, 4) is 18.1 Å². The number of carbonyl (C=O) groups excluding carboxylic acids is 4. The van der Waals surface area contributed by atoms with Crippen molar-refractivity contribution in [3.63, 3.8) is 0 Å². The first kappa shape index (κ1) is 40.2. The van der Waals surface area contributed by atoms with Crippen molar-refractivity contribution >= 4 is 45.1 Å². The minimum atomic E-state index is -4.06. The van der Waals surface area contributed by atoms with Crippen LogP contribution in [-0.2, 0) is 31.5 Å². The summed E-state index contributed by atoms with van der Waals surface area (Å²) in [5.74, 6) is -6.64. The molecule has 1 saturated carbocycles. The molecule has 1 aromatic carbocycles. The summed E-state index contributed by atoms with van der Waals surface area (Å²) in [6.07, 6.45) is 11.1. The molecule has 1 aliphatic carbocycles. The van der Waals surface area contributed by atoms with Crippen LogP contribution in [0.15, 0.2) is 41.7 Å². The number of aromatic nitrogens is 1. The number of benzene rings is 1. The van der Waals surface area contributed by atoms with Crippen LogP contribution in [0, 0.1) is 30.0 Å². The molecule has 2 aromatic rings. The van der Waals surface area contributed by atoms with E-state index in [1.165, 1.54) is 25.4 Å². The van der Waals surface area contributed by atoms with E-state index in [2.05, 4.69) is 31.4 Å². The molecule has 11 nitrogen and oxygen atoms in total. The molecule has 52 heavy (non-hydrogen) atoms. The molecule has 2 atom stereocenters. The minimum Gasteiger partial charge on any atom is -0.495 e. The number of likely N-dealkylation sites (N-methyl/N-ethyl adjacent to an activating group) is 1. The number of pyridine rings is 1. The number of amides is 4. The molecule has 1 saturated heterocycles. The zero-order chi connectivity index (χ0) is 38.1. The van der Waals surface area contributed by atoms with Gasteiger partial charge in [-0.15, -0.1) is 12.3 Å². The highest BCUT2D eigenvalue weighted by Crippen LogP contribution is 2.45. The van der Waals surface area contributed by atoms with Gasteiger partial charge in [0.25, 0.3) is 0 Å². The number of terminal acetylenes is 1. The monoisotopic (exact) mass is 738 g/mol. The van der Waals surface area contributed by atoms with Crippen molar-refractivity contribution in [3.05, 3.63) is 53.6 Å². The third kappa shape index (κ3) is 9.86. The number of hydrogen-bond donors (Lipinski definition) is 2. The second kappa shape index (κ2) is 17.8. The summed E-state index contributed by atoms with van der Waals surface area (Å²) in [6, 6.07) is 4.13. The van der Waals surface area contributed by atoms with Crippen LogP contribution in [0.1, 0.15) is 50.2 Å². The molecule has 4 amide bonds. The van der Waals surface area contributed by atoms with Gasteiger partial charge < -0.3 is 25.2 Å². The van der Waals surface area contributed by atoms with Crippen molar-refractivity contribution in [1.82, 2.24) is 20.1 Å². The Hall–Kier alpha value is -4.55. The van der Waals surface area contributed by atoms with Crippen molar-refractivity contribution in [1.29, 1.82) is 0 Å². The predicted octanol–water partition coefficient (Wildman–Crippen LogP) is 4.12. The number of methoxy groups -OCH3 is 1. The van der Waals surface area contributed by atoms with Gasteiger partial charge in [-0.25, -0.2) is 9.38 Å². The number of ether oxygens (including phenoxy) is 1. The smallest absolute Gasteiger partial charge is 0.353 e. The van der Waals surface area contributed by atoms with E-state index in [0.717, 1.165) is 18.5 Å². The Labute approximate surface area is 305 Å². The summed E-state index contributed by atoms with van der Waals surface area (Å²) >= 11 is 0. The largest absolute Gasteiger partial charge is 0.495 e. The summed E-state index contributed by atoms with van der Waals surface area (Å²) < 4.78 is 50.9. The van der Waals surface area contributed by atoms with Crippen LogP contribution in [0.4, 0.5) is 18.9 Å². The third-order valence-electron chi connectivity index (χ3n) is 9.88. The average Bonchev–Trinajstić information content (AvgIpc) is 3.15. The lowest BCUT2D eigenvalue weighted by atomic mass is 9.75. The van der Waals surface area contributed by atoms with Crippen LogP contribution in [0.5, 0.6) is 5.75 Å². The maximum absolute atomic E-state index is 15.6. The lowest BCUT2D eigenvalue weighted by Gasteiger charge is -2.37. The molecule has 1 aromatic heterocycles. The first-order chi connectivity index (χ1) is 24.7. The average molecular weight is 739 g/mol. The van der Waals surface area contributed by atoms with E-state index in [0.29, 0.717) is 66.9 Å². The number of rotatable bonds is 13. The molecule has 1 aliphatic heterocycles. The molecular formula is C37H45F3N6O5Si. The van der Waals surface area contributed by atoms with Gasteiger partial charge in [-0.3, -0.25) is 24.2 Å². The van der Waals surface area contributed by atoms with Crippen molar-refractivity contribution in [2.75, 3.05) is 45.7 Å². The maximum atomic E-state index is 15.6. The Morgan fingerprint density at radius 3 is 2.46 bits per heavy atom. The van der Waals surface area contributed by atoms with Crippen molar-refractivity contribution < 1.29 is 37.1 Å². The van der Waals surface area contributed by atoms with Crippen molar-refractivity contribution in [2.24, 2.45) is 16.8 Å². The van der Waals surface area contributed by atoms with Gasteiger partial charge in [-0.2, -0.15) is 8.78 Å². The van der Waals surface area contributed by atoms with E-state index in [4.69, 9.17) is 11.2 Å². The molecule has 0 bridgehead atoms. The Kier molecular flexibility index (Phi) is 13.8. The minimum absolute atomic E-state index is 0.0214. The van der Waals surface area contributed by atoms with Gasteiger partial charge in [0.15, 0.2) is 0 Å². The zero-order valence-electron chi connectivity index (χ0n) is 29.9. The standard InChI is InChI=1S/C37H45F3N6O5Si/c1-6-32(47)43-31(34(49)46-16-14-45(3)15-17-46)19-24-8-9-30(29(38)18-24)44-33(48)28(25-10-12-36(7-2,52-5)13-11-25)23-42-35(50)37(39,40)26-20-27(51-4)22-41-21-26/h2,8-9,18,20-23,25,28,31H,6,10-17,19H2,1,3-5H3,(H,43,47)(H,44,48)/t25?,28?,31-,36?/m1/s1. The van der Waals surface area contributed by atoms with E-state index < -0.39 is 47.0 Å². The summed E-state index contributed by atoms with van der Waals surface area (Å²) in [5.41, 5.74) is -0.496. The SMILES string of the molecule is C#CC1([Si]C)CCC(C(C=NC(=O)C(F)(F)c2cncc(OC)c2)C(=O)Nc2ccc(C[C@@H](NC(=O)CC)C(=O)N3CCN(C)CC3)cc2F)CC1. The lowest BCUT2D eigenvalue weighted by molar-refractivity contribution is -0.143. The molecule has 2 N–H and O–H groups in total. The van der Waals surface area contributed by atoms with E-state index in [-0.39, 0.29) is 41.1 Å². The fraction of sp³-hybridized carbons (Fsp3) is 0.514. The molecule has 2 heterocycles. The van der Waals surface area contributed by atoms with Gasteiger partial charge in [0.2, 0.25) is 17.7 Å². The van der Waals surface area contributed by atoms with E-state index in [1.807, 2.05) is 13.6 Å². The molecule has 278 valence electrons. The third-order valence-corrected chi connectivity index (χ3v) is 11.5. The normalized spacial score (nSPS) is 20.8. The quantitative estimate of drug-likeness (QED) is 0.180. The Balaban J connectivity index is 1.54. The van der Waals surface area contributed by atoms with Crippen molar-refractivity contribution in [2.45, 2.75) is 69.0 Å². The van der Waals surface area contributed by atoms with Gasteiger partial charge >= 0.3 is 11.8 Å². The number of aliphatic imine (C=N–C) groups is 1. The second-order valence-corrected chi connectivity index (χ2v) is 14.7. The second-order valence-electron chi connectivity index (χ2n) is 13.2. The summed E-state index contributed by atoms with van der Waals surface area (Å²) in [6.45, 7) is 6.07. The Morgan fingerprint density at radius 2 is 1.87 bits per heavy atom. The van der Waals surface area contributed by atoms with Crippen LogP contribution in [0.3, 0.4) is 0 Å². The fourth-order valence-electron chi connectivity index (χ4n) is 6.40. The number of nitrogens with one attached hydrogen (secondary N) is 2. The Bertz CT molecular complexity index is 1690. The van der Waals surface area contributed by atoms with Crippen LogP contribution in [-0.4, -0.2) is 101 Å². The molecule has 2 fully saturated rings. The highest BCUT2D eigenvalue weighted by Gasteiger charge is 2.43. The lowest BCUT2D eigenvalue weighted by Crippen LogP contribution is -2.54. The van der Waals surface area contributed by atoms with Gasteiger partial charge in [0.1, 0.15) is 17.6 Å². The fourth-order valence-corrected chi connectivity index (χ4v) is 7.33. The van der Waals surface area contributed by atoms with E-state index in [1.54, 1.807) is 17.9 Å². The number of piperazine rings is 1. The first-order valence-corrected chi connectivity index (χ1v) is 18.7. The van der Waals surface area contributed by atoms with Gasteiger partial charge in [0.05, 0.1) is 40.0 Å². The van der Waals surface area contributed by atoms with Crippen LogP contribution < -0.4 is 15.4 Å². The number of halogens is 3. The number of anilines is 1. The molecule has 1 unspecified atom stereocenters. The maximum Gasteiger partial charge on any atom is 0.353 e. The molecular weight excluding hydrogens is 694 g/mol. The molecule has 0 spiro atoms.